The van der Waals surface area contributed by atoms with E-state index < -0.39 is 6.09 Å². The zero-order valence-electron chi connectivity index (χ0n) is 15.8. The molecular weight excluding hydrogens is 356 g/mol. The fourth-order valence-corrected chi connectivity index (χ4v) is 2.97. The molecule has 0 aliphatic heterocycles. The van der Waals surface area contributed by atoms with Crippen LogP contribution in [0.3, 0.4) is 0 Å². The monoisotopic (exact) mass is 382 g/mol. The molecule has 0 fully saturated rings. The molecule has 0 aromatic carbocycles. The first kappa shape index (κ1) is 20.3. The Labute approximate surface area is 156 Å². The molecule has 1 amide bonds. The van der Waals surface area contributed by atoms with E-state index >= 15 is 0 Å². The van der Waals surface area contributed by atoms with E-state index in [4.69, 9.17) is 9.47 Å². The molecule has 2 aromatic rings. The first-order chi connectivity index (χ1) is 12.3. The second-order valence-corrected chi connectivity index (χ2v) is 7.28. The molecule has 0 saturated heterocycles. The van der Waals surface area contributed by atoms with Crippen LogP contribution >= 0.6 is 11.8 Å². The second kappa shape index (κ2) is 9.09. The van der Waals surface area contributed by atoms with Crippen molar-refractivity contribution < 1.29 is 14.3 Å². The molecule has 0 saturated carbocycles. The third-order valence-corrected chi connectivity index (χ3v) is 4.66. The van der Waals surface area contributed by atoms with Crippen LogP contribution in [0.1, 0.15) is 27.7 Å². The maximum absolute atomic E-state index is 12.2. The second-order valence-electron chi connectivity index (χ2n) is 6.39. The highest BCUT2D eigenvalue weighted by atomic mass is 32.2. The fourth-order valence-electron chi connectivity index (χ4n) is 2.21. The third-order valence-electron chi connectivity index (χ3n) is 3.86. The van der Waals surface area contributed by atoms with Gasteiger partial charge in [0.2, 0.25) is 0 Å². The Kier molecular flexibility index (Phi) is 7.10. The summed E-state index contributed by atoms with van der Waals surface area (Å²) in [4.78, 5) is 32.6. The van der Waals surface area contributed by atoms with Crippen LogP contribution in [0, 0.1) is 0 Å². The number of rotatable bonds is 8. The van der Waals surface area contributed by atoms with E-state index in [9.17, 15) is 9.59 Å². The smallest absolute Gasteiger partial charge is 0.410 e. The van der Waals surface area contributed by atoms with Crippen LogP contribution in [0.25, 0.3) is 11.0 Å². The zero-order chi connectivity index (χ0) is 19.3. The number of hydrogen-bond acceptors (Lipinski definition) is 6. The highest BCUT2D eigenvalue weighted by Gasteiger charge is 2.16. The maximum atomic E-state index is 12.2. The average Bonchev–Trinajstić information content (AvgIpc) is 3.06. The lowest BCUT2D eigenvalue weighted by molar-refractivity contribution is 0.0718. The molecule has 8 nitrogen and oxygen atoms in total. The average molecular weight is 382 g/mol. The standard InChI is InChI=1S/C17H26N4O4S/c1-11(2)20(5)17(23)25-10-26-16-19-15(22)14-13(6-7-18-14)21(16)8-9-24-12(3)4/h6-7,11-12,18H,8-10H2,1-5H3. The molecule has 144 valence electrons. The maximum Gasteiger partial charge on any atom is 0.410 e. The van der Waals surface area contributed by atoms with E-state index in [-0.39, 0.29) is 23.6 Å². The highest BCUT2D eigenvalue weighted by molar-refractivity contribution is 7.99. The van der Waals surface area contributed by atoms with Crippen molar-refractivity contribution in [3.63, 3.8) is 0 Å². The molecule has 2 rings (SSSR count). The van der Waals surface area contributed by atoms with Gasteiger partial charge in [0.15, 0.2) is 5.16 Å². The van der Waals surface area contributed by atoms with Crippen LogP contribution in [-0.2, 0) is 16.0 Å². The lowest BCUT2D eigenvalue weighted by Crippen LogP contribution is -2.33. The largest absolute Gasteiger partial charge is 0.438 e. The molecule has 0 bridgehead atoms. The topological polar surface area (TPSA) is 89.4 Å². The van der Waals surface area contributed by atoms with Gasteiger partial charge in [-0.05, 0) is 45.5 Å². The predicted octanol–water partition coefficient (Wildman–Crippen LogP) is 2.68. The molecule has 1 N–H and O–H groups in total. The number of H-pyrrole nitrogens is 1. The van der Waals surface area contributed by atoms with E-state index in [0.717, 1.165) is 5.52 Å². The summed E-state index contributed by atoms with van der Waals surface area (Å²) in [5.74, 6) is 0.0727. The number of hydrogen-bond donors (Lipinski definition) is 1. The Morgan fingerprint density at radius 2 is 2.12 bits per heavy atom. The van der Waals surface area contributed by atoms with Crippen molar-refractivity contribution in [1.82, 2.24) is 19.4 Å². The van der Waals surface area contributed by atoms with Gasteiger partial charge in [0, 0.05) is 25.8 Å². The molecule has 0 unspecified atom stereocenters. The van der Waals surface area contributed by atoms with Crippen LogP contribution < -0.4 is 5.56 Å². The molecule has 26 heavy (non-hydrogen) atoms. The summed E-state index contributed by atoms with van der Waals surface area (Å²) in [6, 6.07) is 1.88. The van der Waals surface area contributed by atoms with Crippen molar-refractivity contribution in [2.45, 2.75) is 51.5 Å². The van der Waals surface area contributed by atoms with Crippen molar-refractivity contribution in [3.05, 3.63) is 22.6 Å². The Bertz CT molecular complexity index is 800. The highest BCUT2D eigenvalue weighted by Crippen LogP contribution is 2.20. The Morgan fingerprint density at radius 3 is 2.77 bits per heavy atom. The number of nitrogens with one attached hydrogen (secondary N) is 1. The molecule has 0 spiro atoms. The minimum atomic E-state index is -0.410. The van der Waals surface area contributed by atoms with E-state index in [2.05, 4.69) is 9.97 Å². The number of ether oxygens (including phenoxy) is 2. The summed E-state index contributed by atoms with van der Waals surface area (Å²) >= 11 is 1.21. The lowest BCUT2D eigenvalue weighted by Gasteiger charge is -2.20. The molecular formula is C17H26N4O4S. The third kappa shape index (κ3) is 5.01. The molecule has 9 heteroatoms. The van der Waals surface area contributed by atoms with Crippen molar-refractivity contribution >= 4 is 28.9 Å². The minimum absolute atomic E-state index is 0.0493. The molecule has 0 aliphatic carbocycles. The summed E-state index contributed by atoms with van der Waals surface area (Å²) in [5.41, 5.74) is 0.875. The number of carbonyl (C=O) groups excluding carboxylic acids is 1. The quantitative estimate of drug-likeness (QED) is 0.429. The summed E-state index contributed by atoms with van der Waals surface area (Å²) in [5, 5.41) is 0.495. The van der Waals surface area contributed by atoms with Crippen LogP contribution in [0.15, 0.2) is 22.2 Å². The van der Waals surface area contributed by atoms with Crippen LogP contribution in [0.4, 0.5) is 4.79 Å². The molecule has 0 aliphatic rings. The van der Waals surface area contributed by atoms with Gasteiger partial charge in [-0.15, -0.1) is 0 Å². The van der Waals surface area contributed by atoms with Gasteiger partial charge in [-0.25, -0.2) is 4.79 Å². The van der Waals surface area contributed by atoms with Crippen molar-refractivity contribution in [1.29, 1.82) is 0 Å². The van der Waals surface area contributed by atoms with Crippen LogP contribution in [0.2, 0.25) is 0 Å². The van der Waals surface area contributed by atoms with Crippen LogP contribution in [0.5, 0.6) is 0 Å². The van der Waals surface area contributed by atoms with E-state index in [1.807, 2.05) is 38.3 Å². The van der Waals surface area contributed by atoms with Crippen LogP contribution in [-0.4, -0.2) is 57.3 Å². The minimum Gasteiger partial charge on any atom is -0.438 e. The molecule has 0 radical (unpaired) electrons. The fraction of sp³-hybridized carbons (Fsp3) is 0.588. The van der Waals surface area contributed by atoms with Crippen molar-refractivity contribution in [3.8, 4) is 0 Å². The van der Waals surface area contributed by atoms with Gasteiger partial charge < -0.3 is 23.9 Å². The van der Waals surface area contributed by atoms with Crippen molar-refractivity contribution in [2.24, 2.45) is 0 Å². The number of aromatic amines is 1. The number of amides is 1. The number of fused-ring (bicyclic) bond motifs is 1. The van der Waals surface area contributed by atoms with Gasteiger partial charge in [0.1, 0.15) is 11.5 Å². The molecule has 2 heterocycles. The molecule has 0 atom stereocenters. The van der Waals surface area contributed by atoms with E-state index in [1.165, 1.54) is 16.7 Å². The van der Waals surface area contributed by atoms with E-state index in [0.29, 0.717) is 23.8 Å². The lowest BCUT2D eigenvalue weighted by atomic mass is 10.4. The van der Waals surface area contributed by atoms with Gasteiger partial charge in [-0.2, -0.15) is 4.98 Å². The summed E-state index contributed by atoms with van der Waals surface area (Å²) in [6.45, 7) is 8.78. The normalized spacial score (nSPS) is 11.5. The van der Waals surface area contributed by atoms with Gasteiger partial charge in [-0.1, -0.05) is 0 Å². The van der Waals surface area contributed by atoms with Gasteiger partial charge in [-0.3, -0.25) is 4.79 Å². The van der Waals surface area contributed by atoms with Crippen molar-refractivity contribution in [2.75, 3.05) is 19.6 Å². The predicted molar refractivity (Wildman–Crippen MR) is 102 cm³/mol. The Hall–Kier alpha value is -2.00. The number of nitrogens with zero attached hydrogens (tertiary/aromatic N) is 3. The first-order valence-electron chi connectivity index (χ1n) is 8.53. The number of aromatic nitrogens is 3. The summed E-state index contributed by atoms with van der Waals surface area (Å²) in [7, 11) is 1.68. The summed E-state index contributed by atoms with van der Waals surface area (Å²) < 4.78 is 12.8. The Morgan fingerprint density at radius 1 is 1.38 bits per heavy atom. The van der Waals surface area contributed by atoms with E-state index in [1.54, 1.807) is 13.2 Å². The summed E-state index contributed by atoms with van der Waals surface area (Å²) in [6.07, 6.45) is 1.42. The molecule has 2 aromatic heterocycles. The van der Waals surface area contributed by atoms with Gasteiger partial charge >= 0.3 is 6.09 Å². The van der Waals surface area contributed by atoms with Gasteiger partial charge in [0.05, 0.1) is 18.2 Å². The number of carbonyl (C=O) groups is 1. The number of thioether (sulfide) groups is 1. The Balaban J connectivity index is 2.14. The zero-order valence-corrected chi connectivity index (χ0v) is 16.6. The SMILES string of the molecule is CC(C)OCCn1c(SCOC(=O)N(C)C(C)C)nc(=O)c2[nH]ccc21. The first-order valence-corrected chi connectivity index (χ1v) is 9.51. The van der Waals surface area contributed by atoms with Gasteiger partial charge in [0.25, 0.3) is 5.56 Å².